The highest BCUT2D eigenvalue weighted by atomic mass is 35.5. The number of aromatic hydroxyl groups is 1. The van der Waals surface area contributed by atoms with E-state index in [-0.39, 0.29) is 22.2 Å². The van der Waals surface area contributed by atoms with E-state index < -0.39 is 16.6 Å². The monoisotopic (exact) mass is 294 g/mol. The molecular formula is C11H7ClN4O4. The van der Waals surface area contributed by atoms with E-state index in [4.69, 9.17) is 11.6 Å². The van der Waals surface area contributed by atoms with Crippen molar-refractivity contribution < 1.29 is 14.8 Å². The predicted octanol–water partition coefficient (Wildman–Crippen LogP) is 2.00. The van der Waals surface area contributed by atoms with E-state index in [1.54, 1.807) is 0 Å². The molecule has 1 heterocycles. The van der Waals surface area contributed by atoms with E-state index in [1.807, 2.05) is 0 Å². The first-order valence-corrected chi connectivity index (χ1v) is 5.61. The van der Waals surface area contributed by atoms with Crippen LogP contribution < -0.4 is 5.32 Å². The van der Waals surface area contributed by atoms with Gasteiger partial charge in [0.15, 0.2) is 0 Å². The normalized spacial score (nSPS) is 10.1. The van der Waals surface area contributed by atoms with Crippen LogP contribution in [0, 0.1) is 10.1 Å². The SMILES string of the molecule is O=C(Nc1ccc([N+](=O)[O-])cc1O)c1cnc(Cl)cn1. The molecule has 0 saturated heterocycles. The van der Waals surface area contributed by atoms with E-state index in [0.717, 1.165) is 12.1 Å². The highest BCUT2D eigenvalue weighted by Crippen LogP contribution is 2.28. The average Bonchev–Trinajstić information content (AvgIpc) is 2.41. The molecule has 0 aliphatic carbocycles. The molecule has 1 amide bonds. The van der Waals surface area contributed by atoms with Crippen LogP contribution in [0.1, 0.15) is 10.5 Å². The summed E-state index contributed by atoms with van der Waals surface area (Å²) < 4.78 is 0. The van der Waals surface area contributed by atoms with Gasteiger partial charge in [-0.05, 0) is 6.07 Å². The number of nitro benzene ring substituents is 1. The van der Waals surface area contributed by atoms with E-state index in [1.165, 1.54) is 18.5 Å². The van der Waals surface area contributed by atoms with Gasteiger partial charge in [0.1, 0.15) is 16.6 Å². The van der Waals surface area contributed by atoms with Crippen molar-refractivity contribution in [3.8, 4) is 5.75 Å². The Balaban J connectivity index is 2.19. The van der Waals surface area contributed by atoms with Gasteiger partial charge in [-0.25, -0.2) is 9.97 Å². The van der Waals surface area contributed by atoms with Gasteiger partial charge in [-0.2, -0.15) is 0 Å². The molecule has 0 unspecified atom stereocenters. The molecule has 1 aromatic carbocycles. The molecule has 0 atom stereocenters. The summed E-state index contributed by atoms with van der Waals surface area (Å²) in [6, 6.07) is 3.31. The van der Waals surface area contributed by atoms with Crippen LogP contribution in [0.3, 0.4) is 0 Å². The first-order valence-electron chi connectivity index (χ1n) is 5.23. The number of nitro groups is 1. The zero-order valence-corrected chi connectivity index (χ0v) is 10.5. The van der Waals surface area contributed by atoms with Gasteiger partial charge in [-0.1, -0.05) is 11.6 Å². The fourth-order valence-electron chi connectivity index (χ4n) is 1.36. The lowest BCUT2D eigenvalue weighted by atomic mass is 10.2. The lowest BCUT2D eigenvalue weighted by Crippen LogP contribution is -2.14. The Labute approximate surface area is 117 Å². The summed E-state index contributed by atoms with van der Waals surface area (Å²) in [4.78, 5) is 29.1. The summed E-state index contributed by atoms with van der Waals surface area (Å²) in [6.07, 6.45) is 2.37. The largest absolute Gasteiger partial charge is 0.506 e. The number of aromatic nitrogens is 2. The van der Waals surface area contributed by atoms with Crippen LogP contribution in [0.2, 0.25) is 5.15 Å². The quantitative estimate of drug-likeness (QED) is 0.507. The van der Waals surface area contributed by atoms with Crippen LogP contribution in [-0.4, -0.2) is 25.9 Å². The van der Waals surface area contributed by atoms with Gasteiger partial charge in [0.25, 0.3) is 11.6 Å². The fraction of sp³-hybridized carbons (Fsp3) is 0. The Morgan fingerprint density at radius 2 is 2.10 bits per heavy atom. The Morgan fingerprint density at radius 3 is 2.65 bits per heavy atom. The number of hydrogen-bond acceptors (Lipinski definition) is 6. The molecule has 2 rings (SSSR count). The first-order chi connectivity index (χ1) is 9.47. The van der Waals surface area contributed by atoms with Gasteiger partial charge in [-0.3, -0.25) is 14.9 Å². The maximum atomic E-state index is 11.8. The van der Waals surface area contributed by atoms with Gasteiger partial charge in [0.05, 0.1) is 29.1 Å². The van der Waals surface area contributed by atoms with Gasteiger partial charge in [-0.15, -0.1) is 0 Å². The van der Waals surface area contributed by atoms with Crippen molar-refractivity contribution >= 4 is 28.9 Å². The molecule has 0 spiro atoms. The number of non-ortho nitro benzene ring substituents is 1. The highest BCUT2D eigenvalue weighted by Gasteiger charge is 2.14. The van der Waals surface area contributed by atoms with Crippen molar-refractivity contribution in [3.63, 3.8) is 0 Å². The number of carbonyl (C=O) groups is 1. The lowest BCUT2D eigenvalue weighted by molar-refractivity contribution is -0.384. The summed E-state index contributed by atoms with van der Waals surface area (Å²) in [5.74, 6) is -1.05. The predicted molar refractivity (Wildman–Crippen MR) is 69.8 cm³/mol. The molecule has 8 nitrogen and oxygen atoms in total. The number of nitrogens with zero attached hydrogens (tertiary/aromatic N) is 3. The number of carbonyl (C=O) groups excluding carboxylic acids is 1. The number of halogens is 1. The summed E-state index contributed by atoms with van der Waals surface area (Å²) in [6.45, 7) is 0. The number of benzene rings is 1. The first kappa shape index (κ1) is 13.7. The number of nitrogens with one attached hydrogen (secondary N) is 1. The Morgan fingerprint density at radius 1 is 1.35 bits per heavy atom. The van der Waals surface area contributed by atoms with E-state index in [2.05, 4.69) is 15.3 Å². The number of anilines is 1. The fourth-order valence-corrected chi connectivity index (χ4v) is 1.45. The maximum absolute atomic E-state index is 11.8. The minimum Gasteiger partial charge on any atom is -0.506 e. The number of phenols is 1. The van der Waals surface area contributed by atoms with Crippen LogP contribution in [0.4, 0.5) is 11.4 Å². The van der Waals surface area contributed by atoms with Gasteiger partial charge in [0.2, 0.25) is 0 Å². The van der Waals surface area contributed by atoms with Crippen molar-refractivity contribution in [1.82, 2.24) is 9.97 Å². The molecule has 2 aromatic rings. The van der Waals surface area contributed by atoms with Gasteiger partial charge >= 0.3 is 0 Å². The second kappa shape index (κ2) is 5.49. The zero-order chi connectivity index (χ0) is 14.7. The van der Waals surface area contributed by atoms with Crippen molar-refractivity contribution in [3.05, 3.63) is 51.6 Å². The van der Waals surface area contributed by atoms with E-state index in [0.29, 0.717) is 0 Å². The zero-order valence-electron chi connectivity index (χ0n) is 9.78. The summed E-state index contributed by atoms with van der Waals surface area (Å²) in [7, 11) is 0. The maximum Gasteiger partial charge on any atom is 0.275 e. The molecule has 0 fully saturated rings. The highest BCUT2D eigenvalue weighted by molar-refractivity contribution is 6.29. The number of rotatable bonds is 3. The molecule has 0 saturated carbocycles. The Hall–Kier alpha value is -2.74. The molecule has 0 radical (unpaired) electrons. The van der Waals surface area contributed by atoms with E-state index >= 15 is 0 Å². The van der Waals surface area contributed by atoms with Crippen LogP contribution in [0.25, 0.3) is 0 Å². The summed E-state index contributed by atoms with van der Waals surface area (Å²) in [5, 5.41) is 22.6. The minimum absolute atomic E-state index is 0.00727. The lowest BCUT2D eigenvalue weighted by Gasteiger charge is -2.06. The van der Waals surface area contributed by atoms with Crippen LogP contribution in [-0.2, 0) is 0 Å². The Kier molecular flexibility index (Phi) is 3.76. The van der Waals surface area contributed by atoms with Crippen molar-refractivity contribution in [2.75, 3.05) is 5.32 Å². The second-order valence-electron chi connectivity index (χ2n) is 3.64. The van der Waals surface area contributed by atoms with Crippen molar-refractivity contribution in [2.24, 2.45) is 0 Å². The molecule has 9 heteroatoms. The molecule has 2 N–H and O–H groups in total. The number of amides is 1. The van der Waals surface area contributed by atoms with E-state index in [9.17, 15) is 20.0 Å². The number of hydrogen-bond donors (Lipinski definition) is 2. The third-order valence-electron chi connectivity index (χ3n) is 2.29. The van der Waals surface area contributed by atoms with Crippen LogP contribution in [0.5, 0.6) is 5.75 Å². The van der Waals surface area contributed by atoms with Crippen LogP contribution in [0.15, 0.2) is 30.6 Å². The minimum atomic E-state index is -0.657. The summed E-state index contributed by atoms with van der Waals surface area (Å²) in [5.41, 5.74) is -0.267. The third kappa shape index (κ3) is 2.98. The molecule has 102 valence electrons. The molecular weight excluding hydrogens is 288 g/mol. The Bertz CT molecular complexity index is 675. The van der Waals surface area contributed by atoms with Gasteiger partial charge < -0.3 is 10.4 Å². The van der Waals surface area contributed by atoms with Gasteiger partial charge in [0, 0.05) is 6.07 Å². The smallest absolute Gasteiger partial charge is 0.275 e. The van der Waals surface area contributed by atoms with Crippen LogP contribution >= 0.6 is 11.6 Å². The van der Waals surface area contributed by atoms with Crippen molar-refractivity contribution in [2.45, 2.75) is 0 Å². The molecule has 0 aliphatic heterocycles. The second-order valence-corrected chi connectivity index (χ2v) is 4.02. The van der Waals surface area contributed by atoms with Crippen molar-refractivity contribution in [1.29, 1.82) is 0 Å². The molecule has 20 heavy (non-hydrogen) atoms. The molecule has 0 aliphatic rings. The topological polar surface area (TPSA) is 118 Å². The average molecular weight is 295 g/mol. The standard InChI is InChI=1S/C11H7ClN4O4/c12-10-5-13-8(4-14-10)11(18)15-7-2-1-6(16(19)20)3-9(7)17/h1-5,17H,(H,15,18). The number of phenolic OH excluding ortho intramolecular Hbond substituents is 1. The molecule has 0 bridgehead atoms. The summed E-state index contributed by atoms with van der Waals surface area (Å²) >= 11 is 5.54. The molecule has 1 aromatic heterocycles. The third-order valence-corrected chi connectivity index (χ3v) is 2.49.